The molecule has 1 saturated carbocycles. The van der Waals surface area contributed by atoms with E-state index < -0.39 is 57.6 Å². The summed E-state index contributed by atoms with van der Waals surface area (Å²) in [5, 5.41) is 22.2. The van der Waals surface area contributed by atoms with E-state index in [1.807, 2.05) is 64.2 Å². The molecule has 65 heavy (non-hydrogen) atoms. The number of sulfonamides is 1. The minimum Gasteiger partial charge on any atom is -0.461 e. The van der Waals surface area contributed by atoms with E-state index in [0.717, 1.165) is 43.3 Å². The second kappa shape index (κ2) is 25.9. The molecule has 0 aromatic heterocycles. The van der Waals surface area contributed by atoms with Crippen LogP contribution >= 0.6 is 0 Å². The van der Waals surface area contributed by atoms with Crippen molar-refractivity contribution in [1.82, 2.24) is 9.21 Å². The molecule has 0 aromatic carbocycles. The quantitative estimate of drug-likeness (QED) is 0.0336. The first-order valence-corrected chi connectivity index (χ1v) is 26.2. The van der Waals surface area contributed by atoms with Gasteiger partial charge in [-0.1, -0.05) is 82.6 Å². The highest BCUT2D eigenvalue weighted by Crippen LogP contribution is 2.35. The average molecular weight is 931 g/mol. The third-order valence-corrected chi connectivity index (χ3v) is 16.6. The Hall–Kier alpha value is -3.01. The number of aliphatic hydroxyl groups excluding tert-OH is 1. The molecule has 11 atom stereocenters. The summed E-state index contributed by atoms with van der Waals surface area (Å²) in [6, 6.07) is -1.12. The van der Waals surface area contributed by atoms with E-state index in [9.17, 15) is 37.8 Å². The van der Waals surface area contributed by atoms with Crippen molar-refractivity contribution in [3.63, 3.8) is 0 Å². The molecule has 3 heterocycles. The van der Waals surface area contributed by atoms with Gasteiger partial charge in [0.25, 0.3) is 11.7 Å². The SMILES string of the molecule is COC1CCCC(C[C@@H](C)[C@H](CCC/C=C(\C)C(O)CC(=O)C(C)C[C@H](C)/C=C/C=C/C=C(\C)C(C)N2CCCS2(=O)=O)OC(=O)C2CCCCN2C(=O)C(=O)C2(O)OCCCC2C)C1. The Balaban J connectivity index is 1.30. The summed E-state index contributed by atoms with van der Waals surface area (Å²) in [5.74, 6) is -4.69. The second-order valence-corrected chi connectivity index (χ2v) is 21.9. The normalized spacial score (nSPS) is 28.7. The lowest BCUT2D eigenvalue weighted by atomic mass is 9.80. The third-order valence-electron chi connectivity index (χ3n) is 14.6. The number of esters is 1. The molecule has 0 spiro atoms. The van der Waals surface area contributed by atoms with Crippen LogP contribution in [0.25, 0.3) is 0 Å². The summed E-state index contributed by atoms with van der Waals surface area (Å²) in [6.45, 7) is 14.4. The number of nitrogens with zero attached hydrogens (tertiary/aromatic N) is 2. The first-order valence-electron chi connectivity index (χ1n) is 24.6. The van der Waals surface area contributed by atoms with E-state index in [1.165, 1.54) is 4.90 Å². The Morgan fingerprint density at radius 3 is 2.37 bits per heavy atom. The smallest absolute Gasteiger partial charge is 0.329 e. The van der Waals surface area contributed by atoms with Crippen LogP contribution in [0.4, 0.5) is 0 Å². The number of allylic oxidation sites excluding steroid dienone is 6. The molecule has 0 bridgehead atoms. The predicted molar refractivity (Wildman–Crippen MR) is 253 cm³/mol. The summed E-state index contributed by atoms with van der Waals surface area (Å²) in [5.41, 5.74) is 1.69. The lowest BCUT2D eigenvalue weighted by Crippen LogP contribution is -2.59. The van der Waals surface area contributed by atoms with Gasteiger partial charge in [-0.3, -0.25) is 14.4 Å². The molecule has 4 fully saturated rings. The summed E-state index contributed by atoms with van der Waals surface area (Å²) in [4.78, 5) is 55.7. The maximum absolute atomic E-state index is 14.0. The zero-order valence-corrected chi connectivity index (χ0v) is 41.6. The van der Waals surface area contributed by atoms with Crippen LogP contribution in [0.3, 0.4) is 0 Å². The Bertz CT molecular complexity index is 1830. The highest BCUT2D eigenvalue weighted by Gasteiger charge is 2.51. The van der Waals surface area contributed by atoms with E-state index in [4.69, 9.17) is 14.2 Å². The zero-order chi connectivity index (χ0) is 47.9. The van der Waals surface area contributed by atoms with Crippen LogP contribution in [0.2, 0.25) is 0 Å². The van der Waals surface area contributed by atoms with Crippen LogP contribution in [-0.4, -0.2) is 120 Å². The Kier molecular flexibility index (Phi) is 21.8. The fourth-order valence-corrected chi connectivity index (χ4v) is 11.9. The van der Waals surface area contributed by atoms with Crippen molar-refractivity contribution < 1.29 is 52.0 Å². The van der Waals surface area contributed by atoms with Crippen molar-refractivity contribution in [2.24, 2.45) is 29.6 Å². The molecular weight excluding hydrogens is 849 g/mol. The fraction of sp³-hybridized carbons (Fsp3) is 0.765. The lowest BCUT2D eigenvalue weighted by Gasteiger charge is -2.39. The van der Waals surface area contributed by atoms with E-state index in [0.29, 0.717) is 76.7 Å². The van der Waals surface area contributed by atoms with Crippen LogP contribution in [0.1, 0.15) is 151 Å². The molecule has 0 radical (unpaired) electrons. The third kappa shape index (κ3) is 15.8. The molecule has 368 valence electrons. The molecule has 13 nitrogen and oxygen atoms in total. The van der Waals surface area contributed by atoms with Gasteiger partial charge in [-0.15, -0.1) is 0 Å². The van der Waals surface area contributed by atoms with Crippen molar-refractivity contribution in [1.29, 1.82) is 0 Å². The van der Waals surface area contributed by atoms with Gasteiger partial charge >= 0.3 is 5.97 Å². The largest absolute Gasteiger partial charge is 0.461 e. The van der Waals surface area contributed by atoms with E-state index in [1.54, 1.807) is 18.3 Å². The van der Waals surface area contributed by atoms with Crippen molar-refractivity contribution in [3.05, 3.63) is 47.6 Å². The summed E-state index contributed by atoms with van der Waals surface area (Å²) in [7, 11) is -1.42. The molecule has 3 saturated heterocycles. The maximum Gasteiger partial charge on any atom is 0.329 e. The number of rotatable bonds is 23. The van der Waals surface area contributed by atoms with Crippen LogP contribution in [0.15, 0.2) is 47.6 Å². The minimum atomic E-state index is -3.17. The maximum atomic E-state index is 14.0. The molecule has 1 amide bonds. The minimum absolute atomic E-state index is 0.00319. The molecule has 2 N–H and O–H groups in total. The summed E-state index contributed by atoms with van der Waals surface area (Å²) < 4.78 is 43.6. The Morgan fingerprint density at radius 1 is 0.923 bits per heavy atom. The number of amides is 1. The van der Waals surface area contributed by atoms with Gasteiger partial charge in [-0.2, -0.15) is 4.31 Å². The van der Waals surface area contributed by atoms with Gasteiger partial charge in [-0.25, -0.2) is 13.2 Å². The topological polar surface area (TPSA) is 177 Å². The Labute approximate surface area is 390 Å². The second-order valence-electron chi connectivity index (χ2n) is 19.8. The Morgan fingerprint density at radius 2 is 1.68 bits per heavy atom. The number of piperidine rings is 1. The molecular formula is C51H82N2O11S. The number of ether oxygens (including phenoxy) is 3. The number of carbonyl (C=O) groups excluding carboxylic acids is 4. The molecule has 14 heteroatoms. The molecule has 8 unspecified atom stereocenters. The molecule has 3 aliphatic heterocycles. The van der Waals surface area contributed by atoms with Crippen LogP contribution in [-0.2, 0) is 43.4 Å². The summed E-state index contributed by atoms with van der Waals surface area (Å²) in [6.07, 6.45) is 21.7. The van der Waals surface area contributed by atoms with E-state index in [-0.39, 0.29) is 61.0 Å². The van der Waals surface area contributed by atoms with Gasteiger partial charge < -0.3 is 29.3 Å². The average Bonchev–Trinajstić information content (AvgIpc) is 3.65. The molecule has 0 aromatic rings. The highest BCUT2D eigenvalue weighted by molar-refractivity contribution is 7.89. The number of carbonyl (C=O) groups is 4. The molecule has 4 rings (SSSR count). The van der Waals surface area contributed by atoms with Crippen LogP contribution in [0, 0.1) is 29.6 Å². The molecule has 1 aliphatic carbocycles. The fourth-order valence-electron chi connectivity index (χ4n) is 10.1. The number of Topliss-reactive ketones (excluding diaryl/α,β-unsaturated/α-hetero) is 2. The van der Waals surface area contributed by atoms with Crippen LogP contribution < -0.4 is 0 Å². The number of hydrogen-bond acceptors (Lipinski definition) is 11. The van der Waals surface area contributed by atoms with Crippen molar-refractivity contribution >= 4 is 33.5 Å². The lowest BCUT2D eigenvalue weighted by molar-refractivity contribution is -0.241. The van der Waals surface area contributed by atoms with Crippen molar-refractivity contribution in [2.45, 2.75) is 187 Å². The number of aliphatic hydroxyl groups is 2. The standard InChI is InChI=1S/C51H82N2O11S/c1-35(19-10-9-11-20-36(2)41(7)53-28-18-30-65(53,60)61)31-38(4)46(55)34-45(54)37(3)21-12-13-26-47(39(5)32-42-23-16-24-43(33-42)62-8)64-50(58)44-25-14-15-27-52(44)49(57)48(56)51(59)40(6)22-17-29-63-51/h9-11,19-21,35,38-45,47,54,59H,12-18,22-34H2,1-8H3/b11-9+,19-10+,36-20+,37-21+/t35-,38?,39-,40?,41?,42?,43?,44?,45?,47+,51?/m1/s1. The van der Waals surface area contributed by atoms with Gasteiger partial charge in [-0.05, 0) is 128 Å². The predicted octanol–water partition coefficient (Wildman–Crippen LogP) is 7.80. The summed E-state index contributed by atoms with van der Waals surface area (Å²) >= 11 is 0. The number of ketones is 2. The molecule has 4 aliphatic rings. The van der Waals surface area contributed by atoms with Crippen LogP contribution in [0.5, 0.6) is 0 Å². The van der Waals surface area contributed by atoms with Crippen molar-refractivity contribution in [2.75, 3.05) is 32.6 Å². The van der Waals surface area contributed by atoms with Gasteiger partial charge in [0.15, 0.2) is 0 Å². The highest BCUT2D eigenvalue weighted by atomic mass is 32.2. The first kappa shape index (κ1) is 54.6. The number of hydrogen-bond donors (Lipinski definition) is 2. The van der Waals surface area contributed by atoms with Gasteiger partial charge in [0.2, 0.25) is 15.8 Å². The van der Waals surface area contributed by atoms with E-state index in [2.05, 4.69) is 13.8 Å². The number of likely N-dealkylation sites (tertiary alicyclic amines) is 1. The number of unbranched alkanes of at least 4 members (excludes halogenated alkanes) is 1. The van der Waals surface area contributed by atoms with Gasteiger partial charge in [0.1, 0.15) is 17.9 Å². The monoisotopic (exact) mass is 931 g/mol. The van der Waals surface area contributed by atoms with Gasteiger partial charge in [0, 0.05) is 44.5 Å². The van der Waals surface area contributed by atoms with Crippen molar-refractivity contribution in [3.8, 4) is 0 Å². The zero-order valence-electron chi connectivity index (χ0n) is 40.8. The van der Waals surface area contributed by atoms with E-state index >= 15 is 0 Å². The first-order chi connectivity index (χ1) is 30.8. The number of methoxy groups -OCH3 is 1. The van der Waals surface area contributed by atoms with Gasteiger partial charge in [0.05, 0.1) is 24.6 Å².